The van der Waals surface area contributed by atoms with E-state index in [9.17, 15) is 9.13 Å². The van der Waals surface area contributed by atoms with E-state index in [1.807, 2.05) is 6.92 Å². The predicted octanol–water partition coefficient (Wildman–Crippen LogP) is 0.371. The molecule has 0 amide bonds. The van der Waals surface area contributed by atoms with Crippen molar-refractivity contribution < 1.29 is 27.7 Å². The van der Waals surface area contributed by atoms with Gasteiger partial charge in [-0.3, -0.25) is 9.09 Å². The van der Waals surface area contributed by atoms with Crippen LogP contribution in [0.25, 0.3) is 0 Å². The zero-order valence-corrected chi connectivity index (χ0v) is 14.3. The van der Waals surface area contributed by atoms with Gasteiger partial charge < -0.3 is 19.3 Å². The van der Waals surface area contributed by atoms with Crippen LogP contribution in [0.2, 0.25) is 0 Å². The zero-order valence-electron chi connectivity index (χ0n) is 12.6. The number of ether oxygens (including phenoxy) is 2. The molecule has 0 bridgehead atoms. The van der Waals surface area contributed by atoms with E-state index < -0.39 is 16.4 Å². The maximum Gasteiger partial charge on any atom is 0.341 e. The average molecular weight is 355 g/mol. The SMILES string of the molecule is C[C@H]1CNC[C@@H](COP(N)(=O)N2CCO[C@H](COP=O)C2)O1. The van der Waals surface area contributed by atoms with Gasteiger partial charge in [0.05, 0.1) is 38.1 Å². The first-order valence-electron chi connectivity index (χ1n) is 7.22. The first-order chi connectivity index (χ1) is 10.5. The minimum atomic E-state index is -3.41. The van der Waals surface area contributed by atoms with Gasteiger partial charge in [-0.2, -0.15) is 0 Å². The van der Waals surface area contributed by atoms with Crippen LogP contribution >= 0.6 is 16.4 Å². The van der Waals surface area contributed by atoms with Crippen molar-refractivity contribution in [2.45, 2.75) is 25.2 Å². The van der Waals surface area contributed by atoms with E-state index in [1.54, 1.807) is 4.67 Å². The van der Waals surface area contributed by atoms with Gasteiger partial charge in [-0.15, -0.1) is 0 Å². The maximum absolute atomic E-state index is 12.6. The third-order valence-electron chi connectivity index (χ3n) is 3.50. The Balaban J connectivity index is 1.80. The van der Waals surface area contributed by atoms with Gasteiger partial charge in [0.2, 0.25) is 0 Å². The Bertz CT molecular complexity index is 415. The average Bonchev–Trinajstić information content (AvgIpc) is 2.51. The number of hydrogen-bond acceptors (Lipinski definition) is 7. The Hall–Kier alpha value is 0.0500. The second-order valence-corrected chi connectivity index (χ2v) is 7.72. The number of hydrogen-bond donors (Lipinski definition) is 2. The molecule has 3 N–H and O–H groups in total. The Morgan fingerprint density at radius 2 is 2.23 bits per heavy atom. The molecule has 9 nitrogen and oxygen atoms in total. The van der Waals surface area contributed by atoms with Gasteiger partial charge in [-0.1, -0.05) is 0 Å². The molecule has 2 saturated heterocycles. The summed E-state index contributed by atoms with van der Waals surface area (Å²) in [5.41, 5.74) is 5.86. The second-order valence-electron chi connectivity index (χ2n) is 5.36. The summed E-state index contributed by atoms with van der Waals surface area (Å²) < 4.78 is 45.8. The number of nitrogens with two attached hydrogens (primary N) is 1. The van der Waals surface area contributed by atoms with Crippen molar-refractivity contribution >= 4 is 16.4 Å². The summed E-state index contributed by atoms with van der Waals surface area (Å²) >= 11 is 0. The fourth-order valence-electron chi connectivity index (χ4n) is 2.41. The number of nitrogens with zero attached hydrogens (tertiary/aromatic N) is 1. The molecule has 2 fully saturated rings. The van der Waals surface area contributed by atoms with E-state index in [-0.39, 0.29) is 31.5 Å². The number of morpholine rings is 2. The van der Waals surface area contributed by atoms with Gasteiger partial charge in [0.1, 0.15) is 0 Å². The highest BCUT2D eigenvalue weighted by molar-refractivity contribution is 7.53. The van der Waals surface area contributed by atoms with Crippen LogP contribution < -0.4 is 10.8 Å². The molecule has 0 aromatic carbocycles. The van der Waals surface area contributed by atoms with Crippen LogP contribution in [0.15, 0.2) is 0 Å². The Labute approximate surface area is 131 Å². The van der Waals surface area contributed by atoms with Crippen molar-refractivity contribution in [1.29, 1.82) is 0 Å². The minimum Gasteiger partial charge on any atom is -0.373 e. The molecule has 0 radical (unpaired) electrons. The molecule has 2 aliphatic heterocycles. The lowest BCUT2D eigenvalue weighted by atomic mass is 10.3. The monoisotopic (exact) mass is 355 g/mol. The maximum atomic E-state index is 12.6. The number of rotatable bonds is 7. The van der Waals surface area contributed by atoms with Crippen LogP contribution in [0.3, 0.4) is 0 Å². The van der Waals surface area contributed by atoms with Gasteiger partial charge in [0.25, 0.3) is 0 Å². The summed E-state index contributed by atoms with van der Waals surface area (Å²) in [7, 11) is -3.82. The molecule has 0 aromatic heterocycles. The molecule has 1 unspecified atom stereocenters. The molecule has 2 rings (SSSR count). The molecule has 0 aromatic rings. The lowest BCUT2D eigenvalue weighted by molar-refractivity contribution is -0.0521. The van der Waals surface area contributed by atoms with E-state index in [0.717, 1.165) is 6.54 Å². The lowest BCUT2D eigenvalue weighted by Gasteiger charge is -2.36. The van der Waals surface area contributed by atoms with Crippen molar-refractivity contribution in [2.75, 3.05) is 46.0 Å². The molecule has 22 heavy (non-hydrogen) atoms. The molecule has 2 heterocycles. The zero-order chi connectivity index (χ0) is 16.0. The summed E-state index contributed by atoms with van der Waals surface area (Å²) in [4.78, 5) is 0. The highest BCUT2D eigenvalue weighted by atomic mass is 31.2. The summed E-state index contributed by atoms with van der Waals surface area (Å²) in [5, 5.41) is 3.21. The second kappa shape index (κ2) is 8.78. The number of nitrogens with one attached hydrogen (secondary N) is 1. The third-order valence-corrected chi connectivity index (χ3v) is 5.42. The van der Waals surface area contributed by atoms with E-state index in [0.29, 0.717) is 26.2 Å². The van der Waals surface area contributed by atoms with Crippen molar-refractivity contribution in [3.8, 4) is 0 Å². The van der Waals surface area contributed by atoms with Crippen molar-refractivity contribution in [3.05, 3.63) is 0 Å². The first kappa shape index (κ1) is 18.4. The van der Waals surface area contributed by atoms with Crippen molar-refractivity contribution in [3.63, 3.8) is 0 Å². The minimum absolute atomic E-state index is 0.0932. The van der Waals surface area contributed by atoms with Crippen LogP contribution in [-0.4, -0.2) is 69.0 Å². The van der Waals surface area contributed by atoms with Gasteiger partial charge >= 0.3 is 16.4 Å². The topological polar surface area (TPSA) is 112 Å². The third kappa shape index (κ3) is 5.60. The normalized spacial score (nSPS) is 33.6. The molecule has 4 atom stereocenters. The van der Waals surface area contributed by atoms with E-state index >= 15 is 0 Å². The van der Waals surface area contributed by atoms with Crippen LogP contribution in [0.5, 0.6) is 0 Å². The van der Waals surface area contributed by atoms with Gasteiger partial charge in [0.15, 0.2) is 0 Å². The molecule has 0 aliphatic carbocycles. The van der Waals surface area contributed by atoms with Gasteiger partial charge in [-0.25, -0.2) is 14.7 Å². The Kier molecular flexibility index (Phi) is 7.34. The van der Waals surface area contributed by atoms with Crippen molar-refractivity contribution in [1.82, 2.24) is 9.99 Å². The van der Waals surface area contributed by atoms with Gasteiger partial charge in [-0.05, 0) is 6.92 Å². The van der Waals surface area contributed by atoms with E-state index in [1.165, 1.54) is 0 Å². The van der Waals surface area contributed by atoms with Crippen LogP contribution in [0.4, 0.5) is 0 Å². The van der Waals surface area contributed by atoms with Crippen LogP contribution in [0.1, 0.15) is 6.92 Å². The summed E-state index contributed by atoms with van der Waals surface area (Å²) in [6, 6.07) is 0. The Morgan fingerprint density at radius 1 is 1.41 bits per heavy atom. The fraction of sp³-hybridized carbons (Fsp3) is 1.00. The molecule has 0 spiro atoms. The molecule has 128 valence electrons. The van der Waals surface area contributed by atoms with Crippen LogP contribution in [-0.2, 0) is 27.7 Å². The summed E-state index contributed by atoms with van der Waals surface area (Å²) in [6.07, 6.45) is -0.404. The highest BCUT2D eigenvalue weighted by Gasteiger charge is 2.34. The predicted molar refractivity (Wildman–Crippen MR) is 79.8 cm³/mol. The fourth-order valence-corrected chi connectivity index (χ4v) is 3.95. The molecular formula is C11H23N3O6P2. The van der Waals surface area contributed by atoms with Gasteiger partial charge in [0, 0.05) is 26.2 Å². The smallest absolute Gasteiger partial charge is 0.341 e. The standard InChI is InChI=1S/C11H23N3O6P2/c1-9-4-13-5-10(20-9)8-19-22(12,16)14-2-3-17-11(6-14)7-18-21-15/h9-11,13H,2-8H2,1H3,(H2,12,16)/t9-,10-,11-,22?/m0/s1. The molecule has 11 heteroatoms. The van der Waals surface area contributed by atoms with Crippen molar-refractivity contribution in [2.24, 2.45) is 5.50 Å². The molecular weight excluding hydrogens is 332 g/mol. The largest absolute Gasteiger partial charge is 0.373 e. The van der Waals surface area contributed by atoms with E-state index in [4.69, 9.17) is 24.0 Å². The molecule has 2 aliphatic rings. The first-order valence-corrected chi connectivity index (χ1v) is 9.60. The Morgan fingerprint density at radius 3 is 2.95 bits per heavy atom. The molecule has 0 saturated carbocycles. The highest BCUT2D eigenvalue weighted by Crippen LogP contribution is 2.43. The van der Waals surface area contributed by atoms with Crippen LogP contribution in [0, 0.1) is 0 Å². The lowest BCUT2D eigenvalue weighted by Crippen LogP contribution is -2.47. The summed E-state index contributed by atoms with van der Waals surface area (Å²) in [6.45, 7) is 4.81. The summed E-state index contributed by atoms with van der Waals surface area (Å²) in [5.74, 6) is 0. The van der Waals surface area contributed by atoms with E-state index in [2.05, 4.69) is 5.32 Å². The quantitative estimate of drug-likeness (QED) is 0.626.